The van der Waals surface area contributed by atoms with E-state index >= 15 is 0 Å². The lowest BCUT2D eigenvalue weighted by Crippen LogP contribution is -2.41. The van der Waals surface area contributed by atoms with E-state index in [9.17, 15) is 4.79 Å². The molecule has 0 N–H and O–H groups in total. The standard InChI is InChI=1S/C13H20O3Si/c1-9(14)10-7-11(15-2)12(16-3)8-13(10)17(4,5)6/h7-8H,1-6H3. The number of hydrogen-bond donors (Lipinski definition) is 0. The van der Waals surface area contributed by atoms with E-state index in [1.807, 2.05) is 6.07 Å². The molecule has 0 amide bonds. The van der Waals surface area contributed by atoms with Crippen LogP contribution >= 0.6 is 0 Å². The van der Waals surface area contributed by atoms with Crippen LogP contribution in [-0.4, -0.2) is 28.1 Å². The van der Waals surface area contributed by atoms with Crippen molar-refractivity contribution in [1.29, 1.82) is 0 Å². The first-order chi connectivity index (χ1) is 7.81. The van der Waals surface area contributed by atoms with Gasteiger partial charge in [-0.25, -0.2) is 0 Å². The summed E-state index contributed by atoms with van der Waals surface area (Å²) in [6.07, 6.45) is 0. The number of Topliss-reactive ketones (excluding diaryl/α,β-unsaturated/α-hetero) is 1. The minimum absolute atomic E-state index is 0.0726. The highest BCUT2D eigenvalue weighted by atomic mass is 28.3. The first kappa shape index (κ1) is 13.8. The van der Waals surface area contributed by atoms with E-state index in [-0.39, 0.29) is 5.78 Å². The third kappa shape index (κ3) is 2.88. The molecule has 1 aromatic carbocycles. The Kier molecular flexibility index (Phi) is 3.98. The number of carbonyl (C=O) groups is 1. The Bertz CT molecular complexity index is 433. The number of ketones is 1. The van der Waals surface area contributed by atoms with E-state index < -0.39 is 8.07 Å². The van der Waals surface area contributed by atoms with Gasteiger partial charge in [0.05, 0.1) is 22.3 Å². The van der Waals surface area contributed by atoms with E-state index in [1.165, 1.54) is 0 Å². The van der Waals surface area contributed by atoms with Gasteiger partial charge in [0.15, 0.2) is 17.3 Å². The molecule has 0 unspecified atom stereocenters. The first-order valence-electron chi connectivity index (χ1n) is 5.58. The molecule has 0 aliphatic carbocycles. The van der Waals surface area contributed by atoms with Gasteiger partial charge in [0, 0.05) is 5.56 Å². The van der Waals surface area contributed by atoms with Gasteiger partial charge in [0.2, 0.25) is 0 Å². The third-order valence-electron chi connectivity index (χ3n) is 2.71. The van der Waals surface area contributed by atoms with Crippen molar-refractivity contribution in [3.8, 4) is 11.5 Å². The first-order valence-corrected chi connectivity index (χ1v) is 9.08. The Hall–Kier alpha value is -1.29. The summed E-state index contributed by atoms with van der Waals surface area (Å²) in [6.45, 7) is 8.22. The molecule has 1 aromatic rings. The number of benzene rings is 1. The van der Waals surface area contributed by atoms with Gasteiger partial charge in [-0.2, -0.15) is 0 Å². The van der Waals surface area contributed by atoms with Crippen molar-refractivity contribution in [3.63, 3.8) is 0 Å². The third-order valence-corrected chi connectivity index (χ3v) is 4.74. The van der Waals surface area contributed by atoms with E-state index in [1.54, 1.807) is 27.2 Å². The maximum atomic E-state index is 11.7. The predicted octanol–water partition coefficient (Wildman–Crippen LogP) is 2.45. The molecular weight excluding hydrogens is 232 g/mol. The highest BCUT2D eigenvalue weighted by Crippen LogP contribution is 2.28. The van der Waals surface area contributed by atoms with E-state index in [2.05, 4.69) is 19.6 Å². The number of hydrogen-bond acceptors (Lipinski definition) is 3. The Morgan fingerprint density at radius 3 is 1.88 bits per heavy atom. The van der Waals surface area contributed by atoms with Crippen LogP contribution in [0.2, 0.25) is 19.6 Å². The van der Waals surface area contributed by atoms with Crippen LogP contribution in [-0.2, 0) is 0 Å². The van der Waals surface area contributed by atoms with Crippen molar-refractivity contribution < 1.29 is 14.3 Å². The SMILES string of the molecule is COc1cc(C(C)=O)c([Si](C)(C)C)cc1OC. The van der Waals surface area contributed by atoms with Gasteiger partial charge >= 0.3 is 0 Å². The van der Waals surface area contributed by atoms with Crippen LogP contribution in [0.1, 0.15) is 17.3 Å². The van der Waals surface area contributed by atoms with Crippen LogP contribution in [0.5, 0.6) is 11.5 Å². The van der Waals surface area contributed by atoms with Crippen LogP contribution < -0.4 is 14.7 Å². The molecule has 0 aromatic heterocycles. The van der Waals surface area contributed by atoms with Gasteiger partial charge in [-0.05, 0) is 24.2 Å². The van der Waals surface area contributed by atoms with Gasteiger partial charge in [0.25, 0.3) is 0 Å². The second-order valence-electron chi connectivity index (χ2n) is 5.06. The molecule has 0 fully saturated rings. The van der Waals surface area contributed by atoms with E-state index in [0.29, 0.717) is 11.5 Å². The number of ether oxygens (including phenoxy) is 2. The van der Waals surface area contributed by atoms with E-state index in [0.717, 1.165) is 10.8 Å². The minimum atomic E-state index is -1.58. The Balaban J connectivity index is 3.52. The molecule has 0 heterocycles. The molecule has 0 bridgehead atoms. The summed E-state index contributed by atoms with van der Waals surface area (Å²) in [5.41, 5.74) is 0.752. The second kappa shape index (κ2) is 4.92. The molecule has 4 heteroatoms. The lowest BCUT2D eigenvalue weighted by Gasteiger charge is -2.22. The Morgan fingerprint density at radius 2 is 1.53 bits per heavy atom. The number of carbonyl (C=O) groups excluding carboxylic acids is 1. The summed E-state index contributed by atoms with van der Waals surface area (Å²) in [4.78, 5) is 11.7. The van der Waals surface area contributed by atoms with Crippen molar-refractivity contribution in [3.05, 3.63) is 17.7 Å². The number of methoxy groups -OCH3 is 2. The average Bonchev–Trinajstić information content (AvgIpc) is 2.25. The van der Waals surface area contributed by atoms with Gasteiger partial charge in [-0.1, -0.05) is 19.6 Å². The summed E-state index contributed by atoms with van der Waals surface area (Å²) >= 11 is 0. The van der Waals surface area contributed by atoms with Crippen molar-refractivity contribution in [1.82, 2.24) is 0 Å². The normalized spacial score (nSPS) is 11.2. The lowest BCUT2D eigenvalue weighted by atomic mass is 10.1. The lowest BCUT2D eigenvalue weighted by molar-refractivity contribution is 0.101. The fourth-order valence-corrected chi connectivity index (χ4v) is 3.41. The topological polar surface area (TPSA) is 35.5 Å². The second-order valence-corrected chi connectivity index (χ2v) is 10.1. The molecule has 0 aliphatic heterocycles. The summed E-state index contributed by atoms with van der Waals surface area (Å²) in [5, 5.41) is 1.11. The van der Waals surface area contributed by atoms with Gasteiger partial charge < -0.3 is 9.47 Å². The maximum Gasteiger partial charge on any atom is 0.161 e. The Morgan fingerprint density at radius 1 is 1.06 bits per heavy atom. The Labute approximate surface area is 104 Å². The van der Waals surface area contributed by atoms with E-state index in [4.69, 9.17) is 9.47 Å². The van der Waals surface area contributed by atoms with Gasteiger partial charge in [-0.3, -0.25) is 4.79 Å². The molecule has 0 aliphatic rings. The summed E-state index contributed by atoms with van der Waals surface area (Å²) < 4.78 is 10.5. The molecule has 94 valence electrons. The van der Waals surface area contributed by atoms with Crippen LogP contribution in [0, 0.1) is 0 Å². The van der Waals surface area contributed by atoms with Crippen molar-refractivity contribution in [2.24, 2.45) is 0 Å². The van der Waals surface area contributed by atoms with Crippen LogP contribution in [0.25, 0.3) is 0 Å². The predicted molar refractivity (Wildman–Crippen MR) is 72.5 cm³/mol. The molecule has 1 rings (SSSR count). The molecule has 0 radical (unpaired) electrons. The van der Waals surface area contributed by atoms with Gasteiger partial charge in [0.1, 0.15) is 0 Å². The average molecular weight is 252 g/mol. The van der Waals surface area contributed by atoms with Crippen LogP contribution in [0.4, 0.5) is 0 Å². The van der Waals surface area contributed by atoms with Crippen LogP contribution in [0.3, 0.4) is 0 Å². The van der Waals surface area contributed by atoms with Crippen molar-refractivity contribution in [2.75, 3.05) is 14.2 Å². The summed E-state index contributed by atoms with van der Waals surface area (Å²) in [5.74, 6) is 1.37. The zero-order valence-corrected chi connectivity index (χ0v) is 12.4. The largest absolute Gasteiger partial charge is 0.493 e. The minimum Gasteiger partial charge on any atom is -0.493 e. The highest BCUT2D eigenvalue weighted by molar-refractivity contribution is 6.89. The monoisotopic (exact) mass is 252 g/mol. The molecule has 0 spiro atoms. The zero-order valence-electron chi connectivity index (χ0n) is 11.4. The molecule has 0 saturated carbocycles. The zero-order chi connectivity index (χ0) is 13.2. The van der Waals surface area contributed by atoms with Crippen molar-refractivity contribution in [2.45, 2.75) is 26.6 Å². The summed E-state index contributed by atoms with van der Waals surface area (Å²) in [7, 11) is 1.61. The number of rotatable bonds is 4. The van der Waals surface area contributed by atoms with Gasteiger partial charge in [-0.15, -0.1) is 0 Å². The summed E-state index contributed by atoms with van der Waals surface area (Å²) in [6, 6.07) is 3.73. The fourth-order valence-electron chi connectivity index (χ4n) is 1.79. The molecule has 0 atom stereocenters. The molecule has 17 heavy (non-hydrogen) atoms. The quantitative estimate of drug-likeness (QED) is 0.610. The fraction of sp³-hybridized carbons (Fsp3) is 0.462. The van der Waals surface area contributed by atoms with Crippen LogP contribution in [0.15, 0.2) is 12.1 Å². The highest BCUT2D eigenvalue weighted by Gasteiger charge is 2.24. The van der Waals surface area contributed by atoms with Crippen molar-refractivity contribution >= 4 is 19.0 Å². The molecule has 3 nitrogen and oxygen atoms in total. The maximum absolute atomic E-state index is 11.7. The smallest absolute Gasteiger partial charge is 0.161 e. The molecule has 0 saturated heterocycles. The molecular formula is C13H20O3Si.